The molecule has 0 saturated carbocycles. The molecule has 0 unspecified atom stereocenters. The average Bonchev–Trinajstić information content (AvgIpc) is 2.62. The van der Waals surface area contributed by atoms with Crippen LogP contribution >= 0.6 is 15.9 Å². The number of piperazine rings is 1. The van der Waals surface area contributed by atoms with Gasteiger partial charge in [-0.05, 0) is 46.6 Å². The van der Waals surface area contributed by atoms with Crippen molar-refractivity contribution in [2.45, 2.75) is 6.92 Å². The van der Waals surface area contributed by atoms with Crippen LogP contribution in [0.2, 0.25) is 0 Å². The number of aromatic nitrogens is 1. The predicted octanol–water partition coefficient (Wildman–Crippen LogP) is 3.12. The number of aryl methyl sites for hydroxylation is 1. The summed E-state index contributed by atoms with van der Waals surface area (Å²) in [5, 5.41) is 0. The van der Waals surface area contributed by atoms with E-state index < -0.39 is 0 Å². The van der Waals surface area contributed by atoms with Crippen molar-refractivity contribution in [3.63, 3.8) is 0 Å². The van der Waals surface area contributed by atoms with E-state index in [9.17, 15) is 4.79 Å². The van der Waals surface area contributed by atoms with Crippen LogP contribution in [0, 0.1) is 6.92 Å². The Morgan fingerprint density at radius 2 is 1.92 bits per heavy atom. The molecule has 1 amide bonds. The molecule has 1 aliphatic heterocycles. The van der Waals surface area contributed by atoms with Crippen LogP contribution < -0.4 is 9.64 Å². The van der Waals surface area contributed by atoms with E-state index in [0.717, 1.165) is 34.6 Å². The highest BCUT2D eigenvalue weighted by Crippen LogP contribution is 2.22. The van der Waals surface area contributed by atoms with Gasteiger partial charge in [0.05, 0.1) is 19.0 Å². The number of carbonyl (C=O) groups excluding carboxylic acids is 1. The molecule has 1 aromatic heterocycles. The molecule has 3 rings (SSSR count). The van der Waals surface area contributed by atoms with E-state index in [1.807, 2.05) is 36.2 Å². The van der Waals surface area contributed by atoms with Gasteiger partial charge in [-0.25, -0.2) is 0 Å². The van der Waals surface area contributed by atoms with E-state index in [-0.39, 0.29) is 5.91 Å². The van der Waals surface area contributed by atoms with Crippen LogP contribution in [0.1, 0.15) is 15.9 Å². The molecule has 0 radical (unpaired) electrons. The number of carbonyl (C=O) groups is 1. The number of nitrogens with zero attached hydrogens (tertiary/aromatic N) is 3. The molecule has 0 atom stereocenters. The van der Waals surface area contributed by atoms with Crippen molar-refractivity contribution in [3.8, 4) is 5.75 Å². The quantitative estimate of drug-likeness (QED) is 0.808. The van der Waals surface area contributed by atoms with E-state index in [4.69, 9.17) is 4.74 Å². The Labute approximate surface area is 150 Å². The summed E-state index contributed by atoms with van der Waals surface area (Å²) in [5.41, 5.74) is 2.78. The van der Waals surface area contributed by atoms with Gasteiger partial charge in [-0.2, -0.15) is 0 Å². The summed E-state index contributed by atoms with van der Waals surface area (Å²) in [6, 6.07) is 7.66. The molecule has 24 heavy (non-hydrogen) atoms. The number of hydrogen-bond donors (Lipinski definition) is 0. The van der Waals surface area contributed by atoms with Crippen LogP contribution in [0.15, 0.2) is 41.1 Å². The third-order valence-electron chi connectivity index (χ3n) is 4.28. The molecule has 0 aliphatic carbocycles. The number of ether oxygens (including phenoxy) is 1. The monoisotopic (exact) mass is 389 g/mol. The smallest absolute Gasteiger partial charge is 0.254 e. The predicted molar refractivity (Wildman–Crippen MR) is 97.8 cm³/mol. The SMILES string of the molecule is COc1cc(C(=O)N2CCN(c3cncc(Br)c3)CC2)ccc1C. The fourth-order valence-electron chi connectivity index (χ4n) is 2.88. The van der Waals surface area contributed by atoms with Crippen LogP contribution in [-0.2, 0) is 0 Å². The van der Waals surface area contributed by atoms with Crippen molar-refractivity contribution < 1.29 is 9.53 Å². The Morgan fingerprint density at radius 1 is 1.17 bits per heavy atom. The third kappa shape index (κ3) is 3.53. The van der Waals surface area contributed by atoms with Gasteiger partial charge in [-0.15, -0.1) is 0 Å². The van der Waals surface area contributed by atoms with Gasteiger partial charge in [-0.1, -0.05) is 6.07 Å². The average molecular weight is 390 g/mol. The zero-order valence-corrected chi connectivity index (χ0v) is 15.4. The summed E-state index contributed by atoms with van der Waals surface area (Å²) in [5.74, 6) is 0.806. The van der Waals surface area contributed by atoms with Gasteiger partial charge in [0.1, 0.15) is 5.75 Å². The minimum Gasteiger partial charge on any atom is -0.496 e. The molecule has 1 fully saturated rings. The molecular formula is C18H20BrN3O2. The number of halogens is 1. The van der Waals surface area contributed by atoms with Crippen molar-refractivity contribution in [3.05, 3.63) is 52.3 Å². The lowest BCUT2D eigenvalue weighted by Gasteiger charge is -2.36. The van der Waals surface area contributed by atoms with Gasteiger partial charge < -0.3 is 14.5 Å². The number of benzene rings is 1. The van der Waals surface area contributed by atoms with E-state index >= 15 is 0 Å². The minimum atomic E-state index is 0.0558. The van der Waals surface area contributed by atoms with E-state index in [1.165, 1.54) is 0 Å². The first-order chi connectivity index (χ1) is 11.6. The maximum atomic E-state index is 12.7. The largest absolute Gasteiger partial charge is 0.496 e. The standard InChI is InChI=1S/C18H20BrN3O2/c1-13-3-4-14(9-17(13)24-2)18(23)22-7-5-21(6-8-22)16-10-15(19)11-20-12-16/h3-4,9-12H,5-8H2,1-2H3. The van der Waals surface area contributed by atoms with Gasteiger partial charge in [0.25, 0.3) is 5.91 Å². The second-order valence-electron chi connectivity index (χ2n) is 5.83. The molecule has 5 nitrogen and oxygen atoms in total. The molecule has 1 saturated heterocycles. The number of methoxy groups -OCH3 is 1. The zero-order chi connectivity index (χ0) is 17.1. The van der Waals surface area contributed by atoms with Crippen molar-refractivity contribution in [1.82, 2.24) is 9.88 Å². The maximum absolute atomic E-state index is 12.7. The normalized spacial score (nSPS) is 14.6. The van der Waals surface area contributed by atoms with Crippen LogP contribution in [0.25, 0.3) is 0 Å². The maximum Gasteiger partial charge on any atom is 0.254 e. The summed E-state index contributed by atoms with van der Waals surface area (Å²) in [4.78, 5) is 21.1. The lowest BCUT2D eigenvalue weighted by Crippen LogP contribution is -2.48. The van der Waals surface area contributed by atoms with Gasteiger partial charge in [0.15, 0.2) is 0 Å². The highest BCUT2D eigenvalue weighted by atomic mass is 79.9. The van der Waals surface area contributed by atoms with Crippen LogP contribution in [0.5, 0.6) is 5.75 Å². The Bertz CT molecular complexity index is 743. The second-order valence-corrected chi connectivity index (χ2v) is 6.74. The van der Waals surface area contributed by atoms with Gasteiger partial charge in [0, 0.05) is 42.4 Å². The topological polar surface area (TPSA) is 45.7 Å². The second kappa shape index (κ2) is 7.21. The molecule has 0 spiro atoms. The van der Waals surface area contributed by atoms with Gasteiger partial charge >= 0.3 is 0 Å². The molecule has 2 heterocycles. The summed E-state index contributed by atoms with van der Waals surface area (Å²) >= 11 is 3.45. The van der Waals surface area contributed by atoms with Crippen LogP contribution in [-0.4, -0.2) is 49.1 Å². The summed E-state index contributed by atoms with van der Waals surface area (Å²) in [6.45, 7) is 4.96. The van der Waals surface area contributed by atoms with Gasteiger partial charge in [-0.3, -0.25) is 9.78 Å². The lowest BCUT2D eigenvalue weighted by molar-refractivity contribution is 0.0746. The Balaban J connectivity index is 1.67. The van der Waals surface area contributed by atoms with E-state index in [1.54, 1.807) is 13.3 Å². The highest BCUT2D eigenvalue weighted by Gasteiger charge is 2.23. The Morgan fingerprint density at radius 3 is 2.58 bits per heavy atom. The molecule has 6 heteroatoms. The molecule has 2 aromatic rings. The number of amides is 1. The first-order valence-electron chi connectivity index (χ1n) is 7.88. The minimum absolute atomic E-state index is 0.0558. The fraction of sp³-hybridized carbons (Fsp3) is 0.333. The Kier molecular flexibility index (Phi) is 5.04. The molecule has 1 aliphatic rings. The fourth-order valence-corrected chi connectivity index (χ4v) is 3.23. The summed E-state index contributed by atoms with van der Waals surface area (Å²) in [6.07, 6.45) is 3.63. The number of rotatable bonds is 3. The van der Waals surface area contributed by atoms with Crippen molar-refractivity contribution in [1.29, 1.82) is 0 Å². The number of pyridine rings is 1. The first-order valence-corrected chi connectivity index (χ1v) is 8.67. The summed E-state index contributed by atoms with van der Waals surface area (Å²) < 4.78 is 6.28. The number of hydrogen-bond acceptors (Lipinski definition) is 4. The van der Waals surface area contributed by atoms with E-state index in [0.29, 0.717) is 18.7 Å². The Hall–Kier alpha value is -2.08. The first kappa shape index (κ1) is 16.8. The van der Waals surface area contributed by atoms with Gasteiger partial charge in [0.2, 0.25) is 0 Å². The lowest BCUT2D eigenvalue weighted by atomic mass is 10.1. The molecule has 0 bridgehead atoms. The van der Waals surface area contributed by atoms with Crippen molar-refractivity contribution in [2.75, 3.05) is 38.2 Å². The zero-order valence-electron chi connectivity index (χ0n) is 13.8. The highest BCUT2D eigenvalue weighted by molar-refractivity contribution is 9.10. The third-order valence-corrected chi connectivity index (χ3v) is 4.71. The van der Waals surface area contributed by atoms with Crippen LogP contribution in [0.4, 0.5) is 5.69 Å². The van der Waals surface area contributed by atoms with Crippen LogP contribution in [0.3, 0.4) is 0 Å². The molecule has 1 aromatic carbocycles. The molecule has 126 valence electrons. The van der Waals surface area contributed by atoms with Crippen molar-refractivity contribution >= 4 is 27.5 Å². The van der Waals surface area contributed by atoms with E-state index in [2.05, 4.69) is 31.9 Å². The number of anilines is 1. The summed E-state index contributed by atoms with van der Waals surface area (Å²) in [7, 11) is 1.63. The molecule has 0 N–H and O–H groups in total. The molecular weight excluding hydrogens is 370 g/mol. The van der Waals surface area contributed by atoms with Crippen molar-refractivity contribution in [2.24, 2.45) is 0 Å².